The molecule has 2 heterocycles. The monoisotopic (exact) mass is 180 g/mol. The van der Waals surface area contributed by atoms with E-state index >= 15 is 0 Å². The lowest BCUT2D eigenvalue weighted by molar-refractivity contribution is -0.132. The first-order chi connectivity index (χ1) is 6.18. The number of carbonyl (C=O) groups is 1. The van der Waals surface area contributed by atoms with Gasteiger partial charge in [-0.3, -0.25) is 9.89 Å². The van der Waals surface area contributed by atoms with Crippen LogP contribution in [0.25, 0.3) is 0 Å². The van der Waals surface area contributed by atoms with Crippen LogP contribution in [0, 0.1) is 0 Å². The van der Waals surface area contributed by atoms with Crippen molar-refractivity contribution in [1.82, 2.24) is 15.1 Å². The van der Waals surface area contributed by atoms with Crippen molar-refractivity contribution < 1.29 is 4.79 Å². The molecule has 0 radical (unpaired) electrons. The number of rotatable bonds is 1. The molecule has 0 saturated carbocycles. The molecule has 0 bridgehead atoms. The maximum atomic E-state index is 11.5. The van der Waals surface area contributed by atoms with Gasteiger partial charge in [-0.15, -0.1) is 0 Å². The number of hydrogen-bond acceptors (Lipinski definition) is 3. The Morgan fingerprint density at radius 2 is 2.54 bits per heavy atom. The molecule has 5 nitrogen and oxygen atoms in total. The van der Waals surface area contributed by atoms with E-state index in [9.17, 15) is 4.79 Å². The number of nitrogens with zero attached hydrogens (tertiary/aromatic N) is 2. The van der Waals surface area contributed by atoms with E-state index < -0.39 is 6.04 Å². The van der Waals surface area contributed by atoms with Crippen molar-refractivity contribution in [2.24, 2.45) is 5.73 Å². The second-order valence-corrected chi connectivity index (χ2v) is 3.36. The zero-order chi connectivity index (χ0) is 9.42. The fourth-order valence-electron chi connectivity index (χ4n) is 1.51. The Kier molecular flexibility index (Phi) is 1.81. The summed E-state index contributed by atoms with van der Waals surface area (Å²) >= 11 is 0. The number of nitrogens with two attached hydrogens (primary N) is 1. The zero-order valence-electron chi connectivity index (χ0n) is 7.45. The maximum absolute atomic E-state index is 11.5. The summed E-state index contributed by atoms with van der Waals surface area (Å²) in [6.45, 7) is 2.94. The number of fused-ring (bicyclic) bond motifs is 1. The Balaban J connectivity index is 2.10. The first-order valence-electron chi connectivity index (χ1n) is 4.24. The molecule has 13 heavy (non-hydrogen) atoms. The maximum Gasteiger partial charge on any atom is 0.239 e. The number of hydrogen-bond donors (Lipinski definition) is 2. The molecule has 3 N–H and O–H groups in total. The molecule has 0 spiro atoms. The van der Waals surface area contributed by atoms with Crippen LogP contribution >= 0.6 is 0 Å². The van der Waals surface area contributed by atoms with Gasteiger partial charge >= 0.3 is 0 Å². The van der Waals surface area contributed by atoms with Gasteiger partial charge in [0.1, 0.15) is 0 Å². The Bertz CT molecular complexity index is 310. The lowest BCUT2D eigenvalue weighted by Crippen LogP contribution is -2.39. The number of nitrogens with one attached hydrogen (secondary N) is 1. The van der Waals surface area contributed by atoms with E-state index in [1.165, 1.54) is 0 Å². The van der Waals surface area contributed by atoms with Gasteiger partial charge in [0.25, 0.3) is 0 Å². The Hall–Kier alpha value is -1.36. The third kappa shape index (κ3) is 1.31. The molecule has 70 valence electrons. The summed E-state index contributed by atoms with van der Waals surface area (Å²) in [7, 11) is 0. The quantitative estimate of drug-likeness (QED) is 0.617. The third-order valence-corrected chi connectivity index (χ3v) is 2.22. The van der Waals surface area contributed by atoms with Gasteiger partial charge in [-0.05, 0) is 6.92 Å². The van der Waals surface area contributed by atoms with Crippen LogP contribution in [0.1, 0.15) is 18.2 Å². The summed E-state index contributed by atoms with van der Waals surface area (Å²) in [6.07, 6.45) is 1.75. The van der Waals surface area contributed by atoms with Crippen LogP contribution in [0.2, 0.25) is 0 Å². The molecule has 0 unspecified atom stereocenters. The minimum atomic E-state index is -0.419. The average molecular weight is 180 g/mol. The fraction of sp³-hybridized carbons (Fsp3) is 0.500. The lowest BCUT2D eigenvalue weighted by Gasteiger charge is -2.17. The van der Waals surface area contributed by atoms with E-state index in [2.05, 4.69) is 10.2 Å². The molecule has 2 rings (SSSR count). The molecule has 1 aliphatic rings. The van der Waals surface area contributed by atoms with Crippen LogP contribution in [-0.4, -0.2) is 27.0 Å². The van der Waals surface area contributed by atoms with Gasteiger partial charge in [0.15, 0.2) is 0 Å². The predicted molar refractivity (Wildman–Crippen MR) is 46.5 cm³/mol. The highest BCUT2D eigenvalue weighted by atomic mass is 16.2. The van der Waals surface area contributed by atoms with Gasteiger partial charge in [-0.25, -0.2) is 0 Å². The van der Waals surface area contributed by atoms with Crippen molar-refractivity contribution in [3.8, 4) is 0 Å². The van der Waals surface area contributed by atoms with E-state index in [0.717, 1.165) is 11.3 Å². The summed E-state index contributed by atoms with van der Waals surface area (Å²) < 4.78 is 0. The molecular formula is C8H12N4O. The van der Waals surface area contributed by atoms with E-state index in [0.29, 0.717) is 13.1 Å². The second-order valence-electron chi connectivity index (χ2n) is 3.36. The molecule has 1 atom stereocenters. The third-order valence-electron chi connectivity index (χ3n) is 2.22. The van der Waals surface area contributed by atoms with Crippen molar-refractivity contribution in [3.05, 3.63) is 17.5 Å². The number of aromatic amines is 1. The second kappa shape index (κ2) is 2.85. The highest BCUT2D eigenvalue weighted by molar-refractivity contribution is 5.81. The topological polar surface area (TPSA) is 75.0 Å². The van der Waals surface area contributed by atoms with E-state index in [-0.39, 0.29) is 5.91 Å². The molecule has 1 amide bonds. The number of carbonyl (C=O) groups excluding carboxylic acids is 1. The summed E-state index contributed by atoms with van der Waals surface area (Å²) in [5.74, 6) is -0.00963. The zero-order valence-corrected chi connectivity index (χ0v) is 7.45. The summed E-state index contributed by atoms with van der Waals surface area (Å²) in [6, 6.07) is -0.419. The molecule has 0 aliphatic carbocycles. The lowest BCUT2D eigenvalue weighted by atomic mass is 10.3. The summed E-state index contributed by atoms with van der Waals surface area (Å²) in [5.41, 5.74) is 7.62. The molecular weight excluding hydrogens is 168 g/mol. The van der Waals surface area contributed by atoms with Gasteiger partial charge in [0, 0.05) is 12.1 Å². The van der Waals surface area contributed by atoms with Crippen molar-refractivity contribution in [3.63, 3.8) is 0 Å². The number of aromatic nitrogens is 2. The van der Waals surface area contributed by atoms with Crippen molar-refractivity contribution >= 4 is 5.91 Å². The van der Waals surface area contributed by atoms with Crippen molar-refractivity contribution in [1.29, 1.82) is 0 Å². The molecule has 1 aromatic heterocycles. The van der Waals surface area contributed by atoms with Crippen LogP contribution in [0.4, 0.5) is 0 Å². The van der Waals surface area contributed by atoms with Crippen molar-refractivity contribution in [2.45, 2.75) is 26.1 Å². The molecule has 0 aromatic carbocycles. The first kappa shape index (κ1) is 8.25. The van der Waals surface area contributed by atoms with E-state index in [4.69, 9.17) is 5.73 Å². The predicted octanol–water partition coefficient (Wildman–Crippen LogP) is -0.401. The van der Waals surface area contributed by atoms with Crippen molar-refractivity contribution in [2.75, 3.05) is 0 Å². The van der Waals surface area contributed by atoms with Crippen LogP contribution in [0.5, 0.6) is 0 Å². The minimum Gasteiger partial charge on any atom is -0.331 e. The Morgan fingerprint density at radius 3 is 3.15 bits per heavy atom. The normalized spacial score (nSPS) is 17.2. The SMILES string of the molecule is C[C@H](N)C(=O)N1Cc2cn[nH]c2C1. The molecule has 0 saturated heterocycles. The largest absolute Gasteiger partial charge is 0.331 e. The standard InChI is InChI=1S/C8H12N4O/c1-5(9)8(13)12-3-6-2-10-11-7(6)4-12/h2,5H,3-4,9H2,1H3,(H,10,11)/t5-/m0/s1. The van der Waals surface area contributed by atoms with E-state index in [1.807, 2.05) is 0 Å². The van der Waals surface area contributed by atoms with Crippen LogP contribution in [0.3, 0.4) is 0 Å². The highest BCUT2D eigenvalue weighted by Crippen LogP contribution is 2.19. The minimum absolute atomic E-state index is 0.00963. The smallest absolute Gasteiger partial charge is 0.239 e. The van der Waals surface area contributed by atoms with Crippen LogP contribution in [0.15, 0.2) is 6.20 Å². The fourth-order valence-corrected chi connectivity index (χ4v) is 1.51. The summed E-state index contributed by atoms with van der Waals surface area (Å²) in [4.78, 5) is 13.2. The molecule has 1 aromatic rings. The Labute approximate surface area is 75.9 Å². The number of amides is 1. The first-order valence-corrected chi connectivity index (χ1v) is 4.24. The average Bonchev–Trinajstić information content (AvgIpc) is 2.59. The van der Waals surface area contributed by atoms with Gasteiger partial charge in [0.2, 0.25) is 5.91 Å². The molecule has 5 heteroatoms. The van der Waals surface area contributed by atoms with Gasteiger partial charge in [0.05, 0.1) is 24.5 Å². The summed E-state index contributed by atoms with van der Waals surface area (Å²) in [5, 5.41) is 6.74. The van der Waals surface area contributed by atoms with Crippen LogP contribution < -0.4 is 5.73 Å². The number of H-pyrrole nitrogens is 1. The van der Waals surface area contributed by atoms with E-state index in [1.54, 1.807) is 18.0 Å². The van der Waals surface area contributed by atoms with Crippen LogP contribution in [-0.2, 0) is 17.9 Å². The Morgan fingerprint density at radius 1 is 1.77 bits per heavy atom. The molecule has 0 fully saturated rings. The van der Waals surface area contributed by atoms with Gasteiger partial charge in [-0.1, -0.05) is 0 Å². The van der Waals surface area contributed by atoms with Gasteiger partial charge in [-0.2, -0.15) is 5.10 Å². The van der Waals surface area contributed by atoms with Gasteiger partial charge < -0.3 is 10.6 Å². The highest BCUT2D eigenvalue weighted by Gasteiger charge is 2.26. The molecule has 1 aliphatic heterocycles.